The van der Waals surface area contributed by atoms with Crippen molar-refractivity contribution in [1.82, 2.24) is 0 Å². The molecule has 1 rings (SSSR count). The Morgan fingerprint density at radius 1 is 1.46 bits per heavy atom. The molecule has 2 heteroatoms. The summed E-state index contributed by atoms with van der Waals surface area (Å²) in [5.74, 6) is 0.810. The zero-order chi connectivity index (χ0) is 9.52. The predicted molar refractivity (Wildman–Crippen MR) is 52.3 cm³/mol. The number of carbonyl (C=O) groups excluding carboxylic acids is 1. The zero-order valence-corrected chi connectivity index (χ0v) is 7.49. The molecule has 1 aromatic rings. The maximum atomic E-state index is 9.94. The van der Waals surface area contributed by atoms with E-state index in [4.69, 9.17) is 4.74 Å². The Morgan fingerprint density at radius 3 is 2.92 bits per heavy atom. The third-order valence-electron chi connectivity index (χ3n) is 1.64. The highest BCUT2D eigenvalue weighted by Gasteiger charge is 1.95. The largest absolute Gasteiger partial charge is 0.496 e. The molecule has 2 nitrogen and oxygen atoms in total. The normalized spacial score (nSPS) is 10.2. The lowest BCUT2D eigenvalue weighted by Gasteiger charge is -2.02. The second kappa shape index (κ2) is 5.14. The van der Waals surface area contributed by atoms with Crippen molar-refractivity contribution in [3.05, 3.63) is 35.9 Å². The number of hydrogen-bond donors (Lipinski definition) is 0. The molecular weight excluding hydrogens is 164 g/mol. The van der Waals surface area contributed by atoms with Gasteiger partial charge in [0.2, 0.25) is 6.29 Å². The van der Waals surface area contributed by atoms with Crippen molar-refractivity contribution in [1.29, 1.82) is 0 Å². The number of methoxy groups -OCH3 is 1. The van der Waals surface area contributed by atoms with Gasteiger partial charge >= 0.3 is 0 Å². The third kappa shape index (κ3) is 2.75. The van der Waals surface area contributed by atoms with Gasteiger partial charge < -0.3 is 4.74 Å². The quantitative estimate of drug-likeness (QED) is 0.701. The van der Waals surface area contributed by atoms with Gasteiger partial charge in [-0.2, -0.15) is 0 Å². The van der Waals surface area contributed by atoms with Crippen molar-refractivity contribution in [2.75, 3.05) is 7.11 Å². The van der Waals surface area contributed by atoms with E-state index in [0.717, 1.165) is 11.3 Å². The van der Waals surface area contributed by atoms with E-state index in [9.17, 15) is 4.79 Å². The van der Waals surface area contributed by atoms with Gasteiger partial charge in [0.15, 0.2) is 0 Å². The van der Waals surface area contributed by atoms with E-state index in [1.54, 1.807) is 19.5 Å². The van der Waals surface area contributed by atoms with Crippen LogP contribution in [0.2, 0.25) is 0 Å². The first-order valence-corrected chi connectivity index (χ1v) is 4.03. The van der Waals surface area contributed by atoms with Gasteiger partial charge in [-0.1, -0.05) is 30.4 Å². The third-order valence-corrected chi connectivity index (χ3v) is 1.64. The lowest BCUT2D eigenvalue weighted by Crippen LogP contribution is -1.85. The Bertz CT molecular complexity index is 303. The lowest BCUT2D eigenvalue weighted by molar-refractivity contribution is 0.414. The summed E-state index contributed by atoms with van der Waals surface area (Å²) in [5, 5.41) is 0. The lowest BCUT2D eigenvalue weighted by atomic mass is 10.2. The van der Waals surface area contributed by atoms with E-state index in [1.807, 2.05) is 30.3 Å². The van der Waals surface area contributed by atoms with Crippen LogP contribution in [0, 0.1) is 0 Å². The highest BCUT2D eigenvalue weighted by Crippen LogP contribution is 2.18. The minimum atomic E-state index is 0.318. The van der Waals surface area contributed by atoms with Crippen molar-refractivity contribution in [2.45, 2.75) is 6.42 Å². The Hall–Kier alpha value is -1.57. The molecule has 0 aliphatic carbocycles. The molecule has 0 aliphatic rings. The van der Waals surface area contributed by atoms with Crippen molar-refractivity contribution >= 4 is 12.4 Å². The van der Waals surface area contributed by atoms with Gasteiger partial charge in [-0.15, -0.1) is 0 Å². The summed E-state index contributed by atoms with van der Waals surface area (Å²) in [6, 6.07) is 7.64. The van der Waals surface area contributed by atoms with E-state index in [0.29, 0.717) is 6.42 Å². The molecule has 1 radical (unpaired) electrons. The standard InChI is InChI=1S/C11H11O2/c1-13-11-8-3-2-6-10(11)7-4-5-9-12/h2-4,6-8H,5H2,1H3. The van der Waals surface area contributed by atoms with Gasteiger partial charge in [0.25, 0.3) is 0 Å². The average molecular weight is 175 g/mol. The van der Waals surface area contributed by atoms with Crippen molar-refractivity contribution in [3.8, 4) is 5.75 Å². The van der Waals surface area contributed by atoms with Crippen LogP contribution < -0.4 is 4.74 Å². The van der Waals surface area contributed by atoms with Crippen LogP contribution in [0.15, 0.2) is 30.3 Å². The van der Waals surface area contributed by atoms with Crippen molar-refractivity contribution in [3.63, 3.8) is 0 Å². The molecule has 0 atom stereocenters. The van der Waals surface area contributed by atoms with Crippen LogP contribution in [0.1, 0.15) is 12.0 Å². The molecule has 0 fully saturated rings. The molecule has 1 aromatic carbocycles. The van der Waals surface area contributed by atoms with Crippen LogP contribution in [0.3, 0.4) is 0 Å². The van der Waals surface area contributed by atoms with Crippen LogP contribution in [0.25, 0.3) is 6.08 Å². The van der Waals surface area contributed by atoms with Crippen LogP contribution in [-0.4, -0.2) is 13.4 Å². The second-order valence-electron chi connectivity index (χ2n) is 2.49. The fourth-order valence-electron chi connectivity index (χ4n) is 1.04. The highest BCUT2D eigenvalue weighted by atomic mass is 16.5. The van der Waals surface area contributed by atoms with E-state index < -0.39 is 0 Å². The Labute approximate surface area is 77.8 Å². The van der Waals surface area contributed by atoms with Gasteiger partial charge in [0.1, 0.15) is 5.75 Å². The first-order valence-electron chi connectivity index (χ1n) is 4.03. The molecule has 0 aromatic heterocycles. The number of ether oxygens (including phenoxy) is 1. The monoisotopic (exact) mass is 175 g/mol. The van der Waals surface area contributed by atoms with Crippen LogP contribution in [0.5, 0.6) is 5.75 Å². The highest BCUT2D eigenvalue weighted by molar-refractivity contribution is 5.61. The molecule has 0 unspecified atom stereocenters. The first kappa shape index (κ1) is 9.52. The number of hydrogen-bond acceptors (Lipinski definition) is 2. The maximum absolute atomic E-state index is 9.94. The fraction of sp³-hybridized carbons (Fsp3) is 0.182. The minimum absolute atomic E-state index is 0.318. The Kier molecular flexibility index (Phi) is 3.76. The molecule has 67 valence electrons. The van der Waals surface area contributed by atoms with E-state index in [-0.39, 0.29) is 0 Å². The molecule has 0 aliphatic heterocycles. The Morgan fingerprint density at radius 2 is 2.23 bits per heavy atom. The number of benzene rings is 1. The molecule has 0 saturated carbocycles. The molecule has 0 saturated heterocycles. The van der Waals surface area contributed by atoms with Gasteiger partial charge in [0.05, 0.1) is 7.11 Å². The van der Waals surface area contributed by atoms with Crippen molar-refractivity contribution in [2.24, 2.45) is 0 Å². The second-order valence-corrected chi connectivity index (χ2v) is 2.49. The molecule has 0 N–H and O–H groups in total. The van der Waals surface area contributed by atoms with Gasteiger partial charge in [-0.05, 0) is 6.07 Å². The summed E-state index contributed by atoms with van der Waals surface area (Å²) < 4.78 is 5.13. The molecular formula is C11H11O2. The topological polar surface area (TPSA) is 26.3 Å². The van der Waals surface area contributed by atoms with Crippen molar-refractivity contribution < 1.29 is 9.53 Å². The van der Waals surface area contributed by atoms with Crippen LogP contribution in [-0.2, 0) is 4.79 Å². The summed E-state index contributed by atoms with van der Waals surface area (Å²) in [5.41, 5.74) is 0.972. The summed E-state index contributed by atoms with van der Waals surface area (Å²) in [7, 11) is 1.62. The van der Waals surface area contributed by atoms with Gasteiger partial charge in [0, 0.05) is 12.0 Å². The van der Waals surface area contributed by atoms with Crippen LogP contribution >= 0.6 is 0 Å². The summed E-state index contributed by atoms with van der Waals surface area (Å²) in [4.78, 5) is 9.94. The molecule has 13 heavy (non-hydrogen) atoms. The van der Waals surface area contributed by atoms with E-state index in [1.165, 1.54) is 0 Å². The first-order chi connectivity index (χ1) is 6.38. The van der Waals surface area contributed by atoms with Crippen LogP contribution in [0.4, 0.5) is 0 Å². The fourth-order valence-corrected chi connectivity index (χ4v) is 1.04. The number of para-hydroxylation sites is 1. The smallest absolute Gasteiger partial charge is 0.202 e. The zero-order valence-electron chi connectivity index (χ0n) is 7.49. The minimum Gasteiger partial charge on any atom is -0.496 e. The Balaban J connectivity index is 2.80. The SMILES string of the molecule is COc1ccccc1C=CC[C]=O. The molecule has 0 amide bonds. The average Bonchev–Trinajstić information content (AvgIpc) is 2.19. The molecule has 0 bridgehead atoms. The maximum Gasteiger partial charge on any atom is 0.202 e. The predicted octanol–water partition coefficient (Wildman–Crippen LogP) is 2.21. The summed E-state index contributed by atoms with van der Waals surface area (Å²) in [6.45, 7) is 0. The molecule has 0 heterocycles. The molecule has 0 spiro atoms. The number of allylic oxidation sites excluding steroid dienone is 1. The van der Waals surface area contributed by atoms with Gasteiger partial charge in [-0.25, -0.2) is 0 Å². The van der Waals surface area contributed by atoms with Gasteiger partial charge in [-0.3, -0.25) is 4.79 Å². The van der Waals surface area contributed by atoms with E-state index >= 15 is 0 Å². The summed E-state index contributed by atoms with van der Waals surface area (Å²) >= 11 is 0. The number of rotatable bonds is 4. The van der Waals surface area contributed by atoms with E-state index in [2.05, 4.69) is 0 Å². The summed E-state index contributed by atoms with van der Waals surface area (Å²) in [6.07, 6.45) is 5.72.